The van der Waals surface area contributed by atoms with Crippen LogP contribution in [0.1, 0.15) is 31.1 Å². The SMILES string of the molecule is CCOc1cc(C(=O)N(CCN(C)C)c2nc3c(Cl)cccc3s2)cc(OCC)c1OCC.Cl. The summed E-state index contributed by atoms with van der Waals surface area (Å²) >= 11 is 7.78. The summed E-state index contributed by atoms with van der Waals surface area (Å²) in [5, 5.41) is 1.16. The standard InChI is InChI=1S/C24H30ClN3O4S.ClH/c1-6-30-18-14-16(15-19(31-7-2)22(18)32-8-3)23(29)28(13-12-27(4)5)24-26-21-17(25)10-9-11-20(21)33-24;/h9-11,14-15H,6-8,12-13H2,1-5H3;1H. The van der Waals surface area contributed by atoms with Crippen molar-refractivity contribution in [3.63, 3.8) is 0 Å². The number of thiazole rings is 1. The largest absolute Gasteiger partial charge is 0.490 e. The summed E-state index contributed by atoms with van der Waals surface area (Å²) in [7, 11) is 3.93. The first kappa shape index (κ1) is 28.0. The third kappa shape index (κ3) is 6.44. The molecule has 7 nitrogen and oxygen atoms in total. The summed E-state index contributed by atoms with van der Waals surface area (Å²) in [6, 6.07) is 9.06. The van der Waals surface area contributed by atoms with Crippen molar-refractivity contribution in [1.82, 2.24) is 9.88 Å². The van der Waals surface area contributed by atoms with Crippen molar-refractivity contribution in [3.05, 3.63) is 40.9 Å². The van der Waals surface area contributed by atoms with Gasteiger partial charge in [0.15, 0.2) is 16.6 Å². The summed E-state index contributed by atoms with van der Waals surface area (Å²) in [5.41, 5.74) is 1.13. The second kappa shape index (κ2) is 13.0. The number of hydrogen-bond donors (Lipinski definition) is 0. The van der Waals surface area contributed by atoms with Crippen LogP contribution in [0.4, 0.5) is 5.13 Å². The lowest BCUT2D eigenvalue weighted by molar-refractivity contribution is 0.0984. The topological polar surface area (TPSA) is 64.1 Å². The van der Waals surface area contributed by atoms with Crippen LogP contribution in [0.5, 0.6) is 17.2 Å². The molecule has 3 rings (SSSR count). The monoisotopic (exact) mass is 527 g/mol. The number of ether oxygens (including phenoxy) is 3. The van der Waals surface area contributed by atoms with Crippen LogP contribution in [-0.4, -0.2) is 62.8 Å². The third-order valence-electron chi connectivity index (χ3n) is 4.76. The Balaban J connectivity index is 0.00000408. The average molecular weight is 529 g/mol. The second-order valence-electron chi connectivity index (χ2n) is 7.44. The number of likely N-dealkylation sites (N-methyl/N-ethyl adjacent to an activating group) is 1. The molecule has 0 aliphatic carbocycles. The summed E-state index contributed by atoms with van der Waals surface area (Å²) in [6.07, 6.45) is 0. The normalized spacial score (nSPS) is 10.8. The average Bonchev–Trinajstić information content (AvgIpc) is 3.21. The van der Waals surface area contributed by atoms with Crippen molar-refractivity contribution < 1.29 is 19.0 Å². The van der Waals surface area contributed by atoms with Crippen molar-refractivity contribution in [1.29, 1.82) is 0 Å². The number of carbonyl (C=O) groups is 1. The van der Waals surface area contributed by atoms with Crippen LogP contribution in [-0.2, 0) is 0 Å². The van der Waals surface area contributed by atoms with E-state index in [1.807, 2.05) is 51.9 Å². The summed E-state index contributed by atoms with van der Waals surface area (Å²) in [5.74, 6) is 1.27. The first-order valence-corrected chi connectivity index (χ1v) is 12.2. The molecular weight excluding hydrogens is 497 g/mol. The minimum Gasteiger partial charge on any atom is -0.490 e. The van der Waals surface area contributed by atoms with Gasteiger partial charge in [0, 0.05) is 18.7 Å². The summed E-state index contributed by atoms with van der Waals surface area (Å²) in [4.78, 5) is 22.2. The number of amides is 1. The molecule has 0 N–H and O–H groups in total. The van der Waals surface area contributed by atoms with E-state index in [4.69, 9.17) is 25.8 Å². The Kier molecular flexibility index (Phi) is 10.7. The van der Waals surface area contributed by atoms with Gasteiger partial charge in [-0.25, -0.2) is 4.98 Å². The Labute approximate surface area is 216 Å². The Morgan fingerprint density at radius 2 is 1.62 bits per heavy atom. The van der Waals surface area contributed by atoms with Crippen molar-refractivity contribution in [3.8, 4) is 17.2 Å². The van der Waals surface area contributed by atoms with E-state index < -0.39 is 0 Å². The molecule has 0 spiro atoms. The van der Waals surface area contributed by atoms with Crippen LogP contribution in [0.25, 0.3) is 10.2 Å². The van der Waals surface area contributed by atoms with Gasteiger partial charge in [-0.05, 0) is 59.1 Å². The van der Waals surface area contributed by atoms with Crippen LogP contribution in [0.3, 0.4) is 0 Å². The maximum atomic E-state index is 13.8. The van der Waals surface area contributed by atoms with Crippen molar-refractivity contribution in [2.24, 2.45) is 0 Å². The van der Waals surface area contributed by atoms with Gasteiger partial charge in [-0.3, -0.25) is 9.69 Å². The molecule has 0 saturated heterocycles. The fourth-order valence-electron chi connectivity index (χ4n) is 3.27. The number of aromatic nitrogens is 1. The van der Waals surface area contributed by atoms with Gasteiger partial charge in [0.25, 0.3) is 5.91 Å². The van der Waals surface area contributed by atoms with E-state index in [1.54, 1.807) is 23.1 Å². The van der Waals surface area contributed by atoms with Gasteiger partial charge >= 0.3 is 0 Å². The fraction of sp³-hybridized carbons (Fsp3) is 0.417. The highest BCUT2D eigenvalue weighted by Gasteiger charge is 2.25. The molecule has 3 aromatic rings. The quantitative estimate of drug-likeness (QED) is 0.315. The van der Waals surface area contributed by atoms with E-state index >= 15 is 0 Å². The fourth-order valence-corrected chi connectivity index (χ4v) is 4.56. The molecule has 0 aliphatic heterocycles. The molecule has 0 bridgehead atoms. The minimum atomic E-state index is -0.197. The first-order chi connectivity index (χ1) is 15.9. The number of rotatable bonds is 11. The van der Waals surface area contributed by atoms with Gasteiger partial charge in [0.2, 0.25) is 5.75 Å². The van der Waals surface area contributed by atoms with E-state index in [1.165, 1.54) is 11.3 Å². The van der Waals surface area contributed by atoms with E-state index in [0.717, 1.165) is 4.70 Å². The number of para-hydroxylation sites is 1. The molecule has 0 fully saturated rings. The molecule has 2 aromatic carbocycles. The highest BCUT2D eigenvalue weighted by atomic mass is 35.5. The van der Waals surface area contributed by atoms with Crippen LogP contribution < -0.4 is 19.1 Å². The molecule has 0 unspecified atom stereocenters. The smallest absolute Gasteiger partial charge is 0.260 e. The molecule has 10 heteroatoms. The third-order valence-corrected chi connectivity index (χ3v) is 6.11. The minimum absolute atomic E-state index is 0. The molecule has 1 heterocycles. The van der Waals surface area contributed by atoms with Crippen molar-refractivity contribution >= 4 is 56.6 Å². The Morgan fingerprint density at radius 3 is 2.15 bits per heavy atom. The van der Waals surface area contributed by atoms with Gasteiger partial charge in [0.05, 0.1) is 29.5 Å². The van der Waals surface area contributed by atoms with E-state index in [2.05, 4.69) is 4.98 Å². The predicted molar refractivity (Wildman–Crippen MR) is 142 cm³/mol. The maximum Gasteiger partial charge on any atom is 0.260 e. The number of fused-ring (bicyclic) bond motifs is 1. The van der Waals surface area contributed by atoms with Gasteiger partial charge in [-0.1, -0.05) is 29.0 Å². The lowest BCUT2D eigenvalue weighted by Crippen LogP contribution is -2.36. The predicted octanol–water partition coefficient (Wildman–Crippen LogP) is 5.78. The Bertz CT molecular complexity index is 1080. The zero-order valence-corrected chi connectivity index (χ0v) is 22.5. The zero-order chi connectivity index (χ0) is 24.0. The van der Waals surface area contributed by atoms with Crippen molar-refractivity contribution in [2.45, 2.75) is 20.8 Å². The molecule has 186 valence electrons. The summed E-state index contributed by atoms with van der Waals surface area (Å²) in [6.45, 7) is 8.12. The highest BCUT2D eigenvalue weighted by Crippen LogP contribution is 2.40. The van der Waals surface area contributed by atoms with Gasteiger partial charge in [0.1, 0.15) is 5.52 Å². The second-order valence-corrected chi connectivity index (χ2v) is 8.86. The van der Waals surface area contributed by atoms with Gasteiger partial charge in [-0.2, -0.15) is 0 Å². The number of anilines is 1. The molecule has 0 aliphatic rings. The van der Waals surface area contributed by atoms with Crippen LogP contribution >= 0.6 is 35.3 Å². The van der Waals surface area contributed by atoms with Gasteiger partial charge in [-0.15, -0.1) is 12.4 Å². The zero-order valence-electron chi connectivity index (χ0n) is 20.1. The first-order valence-electron chi connectivity index (χ1n) is 11.0. The molecule has 0 radical (unpaired) electrons. The molecule has 34 heavy (non-hydrogen) atoms. The number of carbonyl (C=O) groups excluding carboxylic acids is 1. The number of benzene rings is 2. The summed E-state index contributed by atoms with van der Waals surface area (Å²) < 4.78 is 18.3. The number of halogens is 2. The van der Waals surface area contributed by atoms with E-state index in [0.29, 0.717) is 71.4 Å². The molecule has 0 saturated carbocycles. The van der Waals surface area contributed by atoms with Gasteiger partial charge < -0.3 is 19.1 Å². The highest BCUT2D eigenvalue weighted by molar-refractivity contribution is 7.22. The van der Waals surface area contributed by atoms with Crippen LogP contribution in [0, 0.1) is 0 Å². The molecule has 1 aromatic heterocycles. The Morgan fingerprint density at radius 1 is 1.00 bits per heavy atom. The molecule has 1 amide bonds. The maximum absolute atomic E-state index is 13.8. The lowest BCUT2D eigenvalue weighted by Gasteiger charge is -2.23. The van der Waals surface area contributed by atoms with E-state index in [-0.39, 0.29) is 18.3 Å². The molecule has 0 atom stereocenters. The molecular formula is C24H31Cl2N3O4S. The van der Waals surface area contributed by atoms with Crippen LogP contribution in [0.2, 0.25) is 5.02 Å². The van der Waals surface area contributed by atoms with E-state index in [9.17, 15) is 4.79 Å². The van der Waals surface area contributed by atoms with Crippen molar-refractivity contribution in [2.75, 3.05) is 51.9 Å². The lowest BCUT2D eigenvalue weighted by atomic mass is 10.1. The number of nitrogens with zero attached hydrogens (tertiary/aromatic N) is 3. The number of hydrogen-bond acceptors (Lipinski definition) is 7. The van der Waals surface area contributed by atoms with Crippen LogP contribution in [0.15, 0.2) is 30.3 Å². The Hall–Kier alpha value is -2.26.